The summed E-state index contributed by atoms with van der Waals surface area (Å²) in [4.78, 5) is 0.244. The van der Waals surface area contributed by atoms with Gasteiger partial charge in [-0.05, 0) is 67.3 Å². The largest absolute Gasteiger partial charge is 0.441 e. The van der Waals surface area contributed by atoms with Crippen molar-refractivity contribution >= 4 is 41.7 Å². The standard InChI is InChI=1S/C17H11Br2FO3S/c1-24(21,22)13-8-4-11(5-9-13)15-14(16(18)23-17(15)19)10-2-6-12(20)7-3-10/h2-9H,1H3. The van der Waals surface area contributed by atoms with Gasteiger partial charge in [-0.3, -0.25) is 0 Å². The zero-order valence-corrected chi connectivity index (χ0v) is 16.4. The lowest BCUT2D eigenvalue weighted by atomic mass is 9.99. The van der Waals surface area contributed by atoms with Crippen LogP contribution in [0.15, 0.2) is 67.2 Å². The van der Waals surface area contributed by atoms with Gasteiger partial charge < -0.3 is 4.42 Å². The summed E-state index contributed by atoms with van der Waals surface area (Å²) in [7, 11) is -3.26. The molecule has 1 aromatic heterocycles. The molecule has 0 fully saturated rings. The van der Waals surface area contributed by atoms with E-state index in [4.69, 9.17) is 4.42 Å². The Morgan fingerprint density at radius 3 is 1.67 bits per heavy atom. The van der Waals surface area contributed by atoms with Gasteiger partial charge in [-0.1, -0.05) is 24.3 Å². The molecule has 3 nitrogen and oxygen atoms in total. The van der Waals surface area contributed by atoms with Crippen LogP contribution in [0.25, 0.3) is 22.3 Å². The molecule has 0 spiro atoms. The molecule has 1 heterocycles. The lowest BCUT2D eigenvalue weighted by Gasteiger charge is -2.06. The molecule has 0 saturated heterocycles. The van der Waals surface area contributed by atoms with Crippen LogP contribution in [0.5, 0.6) is 0 Å². The SMILES string of the molecule is CS(=O)(=O)c1ccc(-c2c(Br)oc(Br)c2-c2ccc(F)cc2)cc1. The minimum absolute atomic E-state index is 0.244. The lowest BCUT2D eigenvalue weighted by Crippen LogP contribution is -1.96. The van der Waals surface area contributed by atoms with Crippen LogP contribution in [0, 0.1) is 5.82 Å². The quantitative estimate of drug-likeness (QED) is 0.491. The predicted octanol–water partition coefficient (Wildman–Crippen LogP) is 5.68. The minimum Gasteiger partial charge on any atom is -0.441 e. The molecule has 0 saturated carbocycles. The van der Waals surface area contributed by atoms with Crippen molar-refractivity contribution in [2.75, 3.05) is 6.26 Å². The molecular weight excluding hydrogens is 463 g/mol. The van der Waals surface area contributed by atoms with Crippen molar-refractivity contribution in [2.45, 2.75) is 4.90 Å². The van der Waals surface area contributed by atoms with Gasteiger partial charge >= 0.3 is 0 Å². The van der Waals surface area contributed by atoms with E-state index in [2.05, 4.69) is 31.9 Å². The maximum atomic E-state index is 13.2. The molecule has 0 atom stereocenters. The Kier molecular flexibility index (Phi) is 4.68. The monoisotopic (exact) mass is 472 g/mol. The first-order valence-electron chi connectivity index (χ1n) is 6.81. The molecule has 0 N–H and O–H groups in total. The van der Waals surface area contributed by atoms with Crippen LogP contribution in [0.1, 0.15) is 0 Å². The maximum Gasteiger partial charge on any atom is 0.179 e. The summed E-state index contributed by atoms with van der Waals surface area (Å²) in [6.45, 7) is 0. The van der Waals surface area contributed by atoms with Gasteiger partial charge in [-0.15, -0.1) is 0 Å². The van der Waals surface area contributed by atoms with Gasteiger partial charge in [0.1, 0.15) is 5.82 Å². The Morgan fingerprint density at radius 1 is 0.833 bits per heavy atom. The van der Waals surface area contributed by atoms with Crippen LogP contribution in [-0.2, 0) is 9.84 Å². The minimum atomic E-state index is -3.26. The highest BCUT2D eigenvalue weighted by atomic mass is 79.9. The molecule has 3 rings (SSSR count). The van der Waals surface area contributed by atoms with E-state index in [1.54, 1.807) is 36.4 Å². The third-order valence-corrected chi connectivity index (χ3v) is 5.77. The molecule has 0 unspecified atom stereocenters. The number of benzene rings is 2. The third-order valence-electron chi connectivity index (χ3n) is 3.53. The molecule has 0 aliphatic heterocycles. The van der Waals surface area contributed by atoms with Gasteiger partial charge in [-0.2, -0.15) is 0 Å². The van der Waals surface area contributed by atoms with Crippen LogP contribution >= 0.6 is 31.9 Å². The average Bonchev–Trinajstić information content (AvgIpc) is 2.82. The Hall–Kier alpha value is -1.44. The van der Waals surface area contributed by atoms with Gasteiger partial charge in [0.15, 0.2) is 19.2 Å². The fraction of sp³-hybridized carbons (Fsp3) is 0.0588. The number of sulfone groups is 1. The van der Waals surface area contributed by atoms with E-state index in [0.29, 0.717) is 9.34 Å². The van der Waals surface area contributed by atoms with Gasteiger partial charge in [0, 0.05) is 17.4 Å². The van der Waals surface area contributed by atoms with E-state index in [0.717, 1.165) is 28.5 Å². The molecular formula is C17H11Br2FO3S. The Labute approximate surface area is 155 Å². The van der Waals surface area contributed by atoms with Gasteiger partial charge in [0.05, 0.1) is 4.90 Å². The molecule has 24 heavy (non-hydrogen) atoms. The van der Waals surface area contributed by atoms with Crippen LogP contribution in [-0.4, -0.2) is 14.7 Å². The van der Waals surface area contributed by atoms with Crippen molar-refractivity contribution in [1.82, 2.24) is 0 Å². The topological polar surface area (TPSA) is 47.3 Å². The highest BCUT2D eigenvalue weighted by molar-refractivity contribution is 9.11. The summed E-state index contributed by atoms with van der Waals surface area (Å²) in [5, 5.41) is 0. The molecule has 124 valence electrons. The summed E-state index contributed by atoms with van der Waals surface area (Å²) in [6.07, 6.45) is 1.16. The van der Waals surface area contributed by atoms with E-state index < -0.39 is 9.84 Å². The van der Waals surface area contributed by atoms with Gasteiger partial charge in [-0.25, -0.2) is 12.8 Å². The molecule has 0 amide bonds. The molecule has 0 aliphatic rings. The van der Waals surface area contributed by atoms with Crippen molar-refractivity contribution in [1.29, 1.82) is 0 Å². The maximum absolute atomic E-state index is 13.2. The van der Waals surface area contributed by atoms with Crippen LogP contribution in [0.4, 0.5) is 4.39 Å². The highest BCUT2D eigenvalue weighted by Crippen LogP contribution is 2.45. The van der Waals surface area contributed by atoms with E-state index >= 15 is 0 Å². The van der Waals surface area contributed by atoms with Crippen LogP contribution in [0.3, 0.4) is 0 Å². The highest BCUT2D eigenvalue weighted by Gasteiger charge is 2.21. The molecule has 0 radical (unpaired) electrons. The summed E-state index contributed by atoms with van der Waals surface area (Å²) >= 11 is 6.77. The summed E-state index contributed by atoms with van der Waals surface area (Å²) in [5.74, 6) is -0.323. The second-order valence-electron chi connectivity index (χ2n) is 5.20. The second kappa shape index (κ2) is 6.46. The van der Waals surface area contributed by atoms with E-state index in [1.807, 2.05) is 0 Å². The molecule has 7 heteroatoms. The first-order chi connectivity index (χ1) is 11.3. The molecule has 3 aromatic rings. The summed E-state index contributed by atoms with van der Waals surface area (Å²) in [5.41, 5.74) is 3.07. The first kappa shape index (κ1) is 17.4. The second-order valence-corrected chi connectivity index (χ2v) is 8.66. The van der Waals surface area contributed by atoms with Gasteiger partial charge in [0.2, 0.25) is 0 Å². The van der Waals surface area contributed by atoms with Crippen molar-refractivity contribution < 1.29 is 17.2 Å². The number of hydrogen-bond acceptors (Lipinski definition) is 3. The average molecular weight is 474 g/mol. The van der Waals surface area contributed by atoms with E-state index in [9.17, 15) is 12.8 Å². The van der Waals surface area contributed by atoms with Crippen LogP contribution in [0.2, 0.25) is 0 Å². The molecule has 0 bridgehead atoms. The van der Waals surface area contributed by atoms with Crippen molar-refractivity contribution in [3.8, 4) is 22.3 Å². The molecule has 0 aliphatic carbocycles. The normalized spacial score (nSPS) is 11.7. The number of hydrogen-bond donors (Lipinski definition) is 0. The first-order valence-corrected chi connectivity index (χ1v) is 10.3. The zero-order valence-electron chi connectivity index (χ0n) is 12.4. The number of halogens is 3. The summed E-state index contributed by atoms with van der Waals surface area (Å²) < 4.78 is 43.0. The lowest BCUT2D eigenvalue weighted by molar-refractivity contribution is 0.518. The van der Waals surface area contributed by atoms with Crippen LogP contribution < -0.4 is 0 Å². The smallest absolute Gasteiger partial charge is 0.179 e. The predicted molar refractivity (Wildman–Crippen MR) is 98.0 cm³/mol. The van der Waals surface area contributed by atoms with Gasteiger partial charge in [0.25, 0.3) is 0 Å². The Bertz CT molecular complexity index is 992. The third kappa shape index (κ3) is 3.34. The summed E-state index contributed by atoms with van der Waals surface area (Å²) in [6, 6.07) is 12.6. The van der Waals surface area contributed by atoms with Crippen molar-refractivity contribution in [3.05, 3.63) is 63.7 Å². The van der Waals surface area contributed by atoms with E-state index in [1.165, 1.54) is 12.1 Å². The van der Waals surface area contributed by atoms with Crippen molar-refractivity contribution in [2.24, 2.45) is 0 Å². The fourth-order valence-corrected chi connectivity index (χ4v) is 4.40. The Morgan fingerprint density at radius 2 is 1.25 bits per heavy atom. The fourth-order valence-electron chi connectivity index (χ4n) is 2.38. The number of rotatable bonds is 3. The number of furan rings is 1. The zero-order chi connectivity index (χ0) is 17.5. The van der Waals surface area contributed by atoms with Crippen molar-refractivity contribution in [3.63, 3.8) is 0 Å². The van der Waals surface area contributed by atoms with E-state index in [-0.39, 0.29) is 10.7 Å². The molecule has 2 aromatic carbocycles. The Balaban J connectivity index is 2.17.